The van der Waals surface area contributed by atoms with Crippen LogP contribution in [0.15, 0.2) is 65.3 Å². The largest absolute Gasteiger partial charge is 0.489 e. The van der Waals surface area contributed by atoms with Gasteiger partial charge in [-0.1, -0.05) is 35.9 Å². The van der Waals surface area contributed by atoms with Crippen LogP contribution >= 0.6 is 11.6 Å². The average molecular weight is 346 g/mol. The Hall–Kier alpha value is -2.79. The molecule has 0 fully saturated rings. The van der Waals surface area contributed by atoms with Crippen molar-refractivity contribution in [2.45, 2.75) is 6.61 Å². The summed E-state index contributed by atoms with van der Waals surface area (Å²) in [6.07, 6.45) is 1.38. The van der Waals surface area contributed by atoms with Gasteiger partial charge in [0.2, 0.25) is 0 Å². The number of benzene rings is 2. The van der Waals surface area contributed by atoms with Gasteiger partial charge in [-0.25, -0.2) is 4.39 Å². The summed E-state index contributed by atoms with van der Waals surface area (Å²) in [7, 11) is 0. The van der Waals surface area contributed by atoms with Crippen molar-refractivity contribution in [1.82, 2.24) is 0 Å². The van der Waals surface area contributed by atoms with Gasteiger partial charge in [0.1, 0.15) is 12.4 Å². The van der Waals surface area contributed by atoms with Gasteiger partial charge in [-0.2, -0.15) is 0 Å². The highest BCUT2D eigenvalue weighted by Crippen LogP contribution is 2.23. The van der Waals surface area contributed by atoms with Crippen LogP contribution in [-0.4, -0.2) is 5.91 Å². The van der Waals surface area contributed by atoms with E-state index in [0.29, 0.717) is 11.3 Å². The monoisotopic (exact) mass is 345 g/mol. The molecule has 6 heteroatoms. The lowest BCUT2D eigenvalue weighted by Crippen LogP contribution is -2.14. The molecule has 0 aliphatic rings. The summed E-state index contributed by atoms with van der Waals surface area (Å²) in [4.78, 5) is 12.3. The molecule has 0 aliphatic heterocycles. The highest BCUT2D eigenvalue weighted by molar-refractivity contribution is 6.31. The maximum atomic E-state index is 13.9. The number of anilines is 1. The first-order chi connectivity index (χ1) is 11.6. The molecule has 3 aromatic rings. The first-order valence-corrected chi connectivity index (χ1v) is 7.52. The lowest BCUT2D eigenvalue weighted by Gasteiger charge is -2.08. The minimum absolute atomic E-state index is 0.0150. The first-order valence-electron chi connectivity index (χ1n) is 7.14. The molecule has 0 radical (unpaired) electrons. The van der Waals surface area contributed by atoms with Gasteiger partial charge in [0.15, 0.2) is 11.6 Å². The van der Waals surface area contributed by atoms with E-state index in [-0.39, 0.29) is 23.1 Å². The smallest absolute Gasteiger partial charge is 0.291 e. The van der Waals surface area contributed by atoms with E-state index >= 15 is 0 Å². The Balaban J connectivity index is 1.72. The second kappa shape index (κ2) is 7.19. The molecule has 2 aromatic carbocycles. The van der Waals surface area contributed by atoms with Crippen LogP contribution in [0.1, 0.15) is 16.1 Å². The Bertz CT molecular complexity index is 848. The van der Waals surface area contributed by atoms with E-state index in [1.165, 1.54) is 18.4 Å². The molecule has 4 nitrogen and oxygen atoms in total. The summed E-state index contributed by atoms with van der Waals surface area (Å²) in [5, 5.41) is 2.37. The third-order valence-corrected chi connectivity index (χ3v) is 3.58. The molecule has 3 rings (SSSR count). The molecule has 24 heavy (non-hydrogen) atoms. The number of para-hydroxylation sites is 1. The number of halogens is 2. The molecule has 1 heterocycles. The second-order valence-electron chi connectivity index (χ2n) is 4.93. The fraction of sp³-hybridized carbons (Fsp3) is 0.0556. The zero-order valence-corrected chi connectivity index (χ0v) is 13.2. The van der Waals surface area contributed by atoms with E-state index in [0.717, 1.165) is 0 Å². The number of carbonyl (C=O) groups excluding carboxylic acids is 1. The molecule has 0 saturated heterocycles. The van der Waals surface area contributed by atoms with E-state index in [4.69, 9.17) is 20.8 Å². The van der Waals surface area contributed by atoms with Crippen molar-refractivity contribution in [3.8, 4) is 5.75 Å². The molecule has 0 spiro atoms. The Kier molecular flexibility index (Phi) is 4.82. The highest BCUT2D eigenvalue weighted by atomic mass is 35.5. The third kappa shape index (κ3) is 3.58. The van der Waals surface area contributed by atoms with Crippen LogP contribution < -0.4 is 10.1 Å². The standard InChI is InChI=1S/C18H13ClFNO3/c19-14-7-4-8-15(16(14)20)21-18(22)17-12(9-10-23-17)11-24-13-5-2-1-3-6-13/h1-10H,11H2,(H,21,22). The van der Waals surface area contributed by atoms with Gasteiger partial charge in [-0.05, 0) is 30.3 Å². The normalized spacial score (nSPS) is 10.4. The number of nitrogens with one attached hydrogen (secondary N) is 1. The van der Waals surface area contributed by atoms with Crippen molar-refractivity contribution >= 4 is 23.2 Å². The van der Waals surface area contributed by atoms with Crippen LogP contribution in [0.25, 0.3) is 0 Å². The van der Waals surface area contributed by atoms with Gasteiger partial charge < -0.3 is 14.5 Å². The predicted molar refractivity (Wildman–Crippen MR) is 88.8 cm³/mol. The molecule has 1 N–H and O–H groups in total. The van der Waals surface area contributed by atoms with Crippen LogP contribution in [0.2, 0.25) is 5.02 Å². The summed E-state index contributed by atoms with van der Waals surface area (Å²) in [6.45, 7) is 0.154. The summed E-state index contributed by atoms with van der Waals surface area (Å²) in [5.74, 6) is -0.537. The minimum Gasteiger partial charge on any atom is -0.489 e. The molecule has 0 saturated carbocycles. The number of hydrogen-bond donors (Lipinski definition) is 1. The third-order valence-electron chi connectivity index (χ3n) is 3.29. The predicted octanol–water partition coefficient (Wildman–Crippen LogP) is 4.90. The topological polar surface area (TPSA) is 51.5 Å². The summed E-state index contributed by atoms with van der Waals surface area (Å²) >= 11 is 5.70. The number of carbonyl (C=O) groups is 1. The van der Waals surface area contributed by atoms with Crippen molar-refractivity contribution in [3.05, 3.63) is 83.0 Å². The Labute approximate surface area is 142 Å². The van der Waals surface area contributed by atoms with Crippen molar-refractivity contribution in [1.29, 1.82) is 0 Å². The van der Waals surface area contributed by atoms with Crippen LogP contribution in [0, 0.1) is 5.82 Å². The van der Waals surface area contributed by atoms with Gasteiger partial charge in [-0.3, -0.25) is 4.79 Å². The van der Waals surface area contributed by atoms with Crippen molar-refractivity contribution in [2.24, 2.45) is 0 Å². The summed E-state index contributed by atoms with van der Waals surface area (Å²) in [6, 6.07) is 15.2. The zero-order valence-electron chi connectivity index (χ0n) is 12.5. The summed E-state index contributed by atoms with van der Waals surface area (Å²) < 4.78 is 24.7. The van der Waals surface area contributed by atoms with Crippen molar-refractivity contribution in [3.63, 3.8) is 0 Å². The Morgan fingerprint density at radius 1 is 1.12 bits per heavy atom. The number of hydrogen-bond acceptors (Lipinski definition) is 3. The van der Waals surface area contributed by atoms with Gasteiger partial charge >= 0.3 is 0 Å². The Morgan fingerprint density at radius 3 is 2.71 bits per heavy atom. The molecule has 0 bridgehead atoms. The molecule has 122 valence electrons. The van der Waals surface area contributed by atoms with Crippen molar-refractivity contribution in [2.75, 3.05) is 5.32 Å². The number of ether oxygens (including phenoxy) is 1. The van der Waals surface area contributed by atoms with Crippen LogP contribution in [0.3, 0.4) is 0 Å². The van der Waals surface area contributed by atoms with Crippen molar-refractivity contribution < 1.29 is 18.3 Å². The molecule has 1 amide bonds. The SMILES string of the molecule is O=C(Nc1cccc(Cl)c1F)c1occc1COc1ccccc1. The summed E-state index contributed by atoms with van der Waals surface area (Å²) in [5.41, 5.74) is 0.539. The van der Waals surface area contributed by atoms with Gasteiger partial charge in [0, 0.05) is 5.56 Å². The fourth-order valence-electron chi connectivity index (χ4n) is 2.11. The molecule has 1 aromatic heterocycles. The lowest BCUT2D eigenvalue weighted by molar-refractivity contribution is 0.0993. The molecule has 0 aliphatic carbocycles. The number of amides is 1. The fourth-order valence-corrected chi connectivity index (χ4v) is 2.28. The molecule has 0 atom stereocenters. The average Bonchev–Trinajstić information content (AvgIpc) is 3.07. The second-order valence-corrected chi connectivity index (χ2v) is 5.34. The van der Waals surface area contributed by atoms with E-state index in [1.54, 1.807) is 24.3 Å². The quantitative estimate of drug-likeness (QED) is 0.715. The maximum absolute atomic E-state index is 13.9. The van der Waals surface area contributed by atoms with Crippen LogP contribution in [0.5, 0.6) is 5.75 Å². The first kappa shape index (κ1) is 16.1. The van der Waals surface area contributed by atoms with E-state index < -0.39 is 11.7 Å². The number of furan rings is 1. The number of rotatable bonds is 5. The van der Waals surface area contributed by atoms with Gasteiger partial charge in [0.25, 0.3) is 5.91 Å². The van der Waals surface area contributed by atoms with Crippen LogP contribution in [-0.2, 0) is 6.61 Å². The molecule has 0 unspecified atom stereocenters. The maximum Gasteiger partial charge on any atom is 0.291 e. The Morgan fingerprint density at radius 2 is 1.92 bits per heavy atom. The van der Waals surface area contributed by atoms with Gasteiger partial charge in [-0.15, -0.1) is 0 Å². The van der Waals surface area contributed by atoms with E-state index in [2.05, 4.69) is 5.32 Å². The zero-order chi connectivity index (χ0) is 16.9. The van der Waals surface area contributed by atoms with E-state index in [9.17, 15) is 9.18 Å². The molecular formula is C18H13ClFNO3. The van der Waals surface area contributed by atoms with Crippen LogP contribution in [0.4, 0.5) is 10.1 Å². The van der Waals surface area contributed by atoms with Gasteiger partial charge in [0.05, 0.1) is 17.0 Å². The minimum atomic E-state index is -0.693. The lowest BCUT2D eigenvalue weighted by atomic mass is 10.2. The van der Waals surface area contributed by atoms with E-state index in [1.807, 2.05) is 18.2 Å². The molecular weight excluding hydrogens is 333 g/mol. The highest BCUT2D eigenvalue weighted by Gasteiger charge is 2.18.